The second-order valence-corrected chi connectivity index (χ2v) is 6.86. The average Bonchev–Trinajstić information content (AvgIpc) is 3.12. The molecule has 0 radical (unpaired) electrons. The summed E-state index contributed by atoms with van der Waals surface area (Å²) in [5.41, 5.74) is 1.43. The standard InChI is InChI=1S/C22H22N2O3/c25-21-17(12-13-18(23-21)16-8-3-1-4-9-16)22(26)24-14-6-2-5-10-19(24)20-11-7-15-27-20/h1,3-4,7-9,11-13,15,19H,2,5-6,10,14H2,(H,23,25). The molecule has 27 heavy (non-hydrogen) atoms. The van der Waals surface area contributed by atoms with Crippen LogP contribution in [0.5, 0.6) is 0 Å². The van der Waals surface area contributed by atoms with Gasteiger partial charge >= 0.3 is 0 Å². The second kappa shape index (κ2) is 7.66. The van der Waals surface area contributed by atoms with Crippen molar-refractivity contribution in [3.8, 4) is 11.3 Å². The van der Waals surface area contributed by atoms with E-state index in [4.69, 9.17) is 4.42 Å². The number of nitrogens with one attached hydrogen (secondary N) is 1. The molecule has 4 rings (SSSR count). The SMILES string of the molecule is O=C(c1ccc(-c2ccccc2)[nH]c1=O)N1CCCCCC1c1ccco1. The number of H-pyrrole nitrogens is 1. The lowest BCUT2D eigenvalue weighted by atomic mass is 10.1. The van der Waals surface area contributed by atoms with Crippen molar-refractivity contribution in [1.82, 2.24) is 9.88 Å². The van der Waals surface area contributed by atoms with E-state index in [9.17, 15) is 9.59 Å². The first-order valence-corrected chi connectivity index (χ1v) is 9.37. The monoisotopic (exact) mass is 362 g/mol. The number of benzene rings is 1. The van der Waals surface area contributed by atoms with Gasteiger partial charge in [-0.1, -0.05) is 43.2 Å². The van der Waals surface area contributed by atoms with Crippen LogP contribution in [0.25, 0.3) is 11.3 Å². The topological polar surface area (TPSA) is 66.3 Å². The Morgan fingerprint density at radius 3 is 2.59 bits per heavy atom. The smallest absolute Gasteiger partial charge is 0.261 e. The Morgan fingerprint density at radius 1 is 1.00 bits per heavy atom. The molecule has 1 amide bonds. The molecule has 1 N–H and O–H groups in total. The third-order valence-corrected chi connectivity index (χ3v) is 5.11. The largest absolute Gasteiger partial charge is 0.467 e. The van der Waals surface area contributed by atoms with Gasteiger partial charge in [-0.25, -0.2) is 0 Å². The van der Waals surface area contributed by atoms with E-state index in [0.29, 0.717) is 12.2 Å². The molecule has 1 fully saturated rings. The molecule has 1 unspecified atom stereocenters. The Labute approximate surface area is 157 Å². The van der Waals surface area contributed by atoms with Crippen LogP contribution in [0.4, 0.5) is 0 Å². The highest BCUT2D eigenvalue weighted by Crippen LogP contribution is 2.31. The fourth-order valence-electron chi connectivity index (χ4n) is 3.71. The van der Waals surface area contributed by atoms with Crippen LogP contribution in [0, 0.1) is 0 Å². The predicted molar refractivity (Wildman–Crippen MR) is 103 cm³/mol. The van der Waals surface area contributed by atoms with Crippen molar-refractivity contribution >= 4 is 5.91 Å². The Bertz CT molecular complexity index is 961. The Kier molecular flexibility index (Phi) is 4.92. The summed E-state index contributed by atoms with van der Waals surface area (Å²) in [5.74, 6) is 0.543. The van der Waals surface area contributed by atoms with Gasteiger partial charge in [-0.3, -0.25) is 9.59 Å². The molecule has 3 heterocycles. The molecule has 1 saturated heterocycles. The molecule has 1 aliphatic rings. The van der Waals surface area contributed by atoms with E-state index in [1.807, 2.05) is 42.5 Å². The molecule has 5 heteroatoms. The van der Waals surface area contributed by atoms with Gasteiger partial charge in [0.1, 0.15) is 11.3 Å². The van der Waals surface area contributed by atoms with E-state index in [-0.39, 0.29) is 23.1 Å². The molecule has 138 valence electrons. The Balaban J connectivity index is 1.65. The molecule has 1 aliphatic heterocycles. The van der Waals surface area contributed by atoms with Gasteiger partial charge in [0.25, 0.3) is 11.5 Å². The van der Waals surface area contributed by atoms with Gasteiger partial charge in [-0.05, 0) is 42.7 Å². The molecule has 5 nitrogen and oxygen atoms in total. The molecule has 3 aromatic rings. The molecular formula is C22H22N2O3. The van der Waals surface area contributed by atoms with Crippen LogP contribution < -0.4 is 5.56 Å². The van der Waals surface area contributed by atoms with Crippen molar-refractivity contribution in [3.63, 3.8) is 0 Å². The molecule has 0 aliphatic carbocycles. The maximum absolute atomic E-state index is 13.2. The highest BCUT2D eigenvalue weighted by Gasteiger charge is 2.30. The molecule has 1 aromatic carbocycles. The Hall–Kier alpha value is -3.08. The van der Waals surface area contributed by atoms with Gasteiger partial charge in [0.2, 0.25) is 0 Å². The number of amides is 1. The molecule has 0 spiro atoms. The molecule has 2 aromatic heterocycles. The van der Waals surface area contributed by atoms with Crippen LogP contribution in [0.15, 0.2) is 70.1 Å². The predicted octanol–water partition coefficient (Wildman–Crippen LogP) is 4.39. The number of aromatic nitrogens is 1. The van der Waals surface area contributed by atoms with Crippen LogP contribution in [0.3, 0.4) is 0 Å². The summed E-state index contributed by atoms with van der Waals surface area (Å²) in [6.07, 6.45) is 5.52. The van der Waals surface area contributed by atoms with Crippen LogP contribution in [-0.4, -0.2) is 22.3 Å². The van der Waals surface area contributed by atoms with E-state index < -0.39 is 0 Å². The van der Waals surface area contributed by atoms with Crippen LogP contribution in [0.2, 0.25) is 0 Å². The van der Waals surface area contributed by atoms with Gasteiger partial charge in [0.05, 0.1) is 12.3 Å². The maximum atomic E-state index is 13.2. The second-order valence-electron chi connectivity index (χ2n) is 6.86. The number of hydrogen-bond acceptors (Lipinski definition) is 3. The van der Waals surface area contributed by atoms with Crippen molar-refractivity contribution in [2.45, 2.75) is 31.7 Å². The lowest BCUT2D eigenvalue weighted by Crippen LogP contribution is -2.37. The van der Waals surface area contributed by atoms with E-state index in [0.717, 1.165) is 37.0 Å². The summed E-state index contributed by atoms with van der Waals surface area (Å²) in [6, 6.07) is 16.6. The van der Waals surface area contributed by atoms with Crippen molar-refractivity contribution in [2.24, 2.45) is 0 Å². The lowest BCUT2D eigenvalue weighted by Gasteiger charge is -2.28. The number of carbonyl (C=O) groups is 1. The van der Waals surface area contributed by atoms with Gasteiger partial charge in [0.15, 0.2) is 0 Å². The lowest BCUT2D eigenvalue weighted by molar-refractivity contribution is 0.0656. The number of likely N-dealkylation sites (tertiary alicyclic amines) is 1. The molecule has 0 bridgehead atoms. The first-order valence-electron chi connectivity index (χ1n) is 9.37. The van der Waals surface area contributed by atoms with E-state index in [1.54, 1.807) is 23.3 Å². The van der Waals surface area contributed by atoms with Crippen LogP contribution in [0.1, 0.15) is 47.8 Å². The first kappa shape index (κ1) is 17.3. The number of hydrogen-bond donors (Lipinski definition) is 1. The third kappa shape index (κ3) is 3.58. The number of pyridine rings is 1. The number of carbonyl (C=O) groups excluding carboxylic acids is 1. The minimum Gasteiger partial charge on any atom is -0.467 e. The van der Waals surface area contributed by atoms with Crippen molar-refractivity contribution in [2.75, 3.05) is 6.54 Å². The Morgan fingerprint density at radius 2 is 1.85 bits per heavy atom. The zero-order valence-electron chi connectivity index (χ0n) is 15.1. The zero-order valence-corrected chi connectivity index (χ0v) is 15.1. The van der Waals surface area contributed by atoms with Crippen LogP contribution >= 0.6 is 0 Å². The maximum Gasteiger partial charge on any atom is 0.261 e. The number of aromatic amines is 1. The van der Waals surface area contributed by atoms with Gasteiger partial charge < -0.3 is 14.3 Å². The van der Waals surface area contributed by atoms with E-state index in [1.165, 1.54) is 0 Å². The summed E-state index contributed by atoms with van der Waals surface area (Å²) in [6.45, 7) is 0.629. The van der Waals surface area contributed by atoms with E-state index >= 15 is 0 Å². The van der Waals surface area contributed by atoms with Gasteiger partial charge in [-0.15, -0.1) is 0 Å². The average molecular weight is 362 g/mol. The fraction of sp³-hybridized carbons (Fsp3) is 0.273. The number of furan rings is 1. The van der Waals surface area contributed by atoms with E-state index in [2.05, 4.69) is 4.98 Å². The fourth-order valence-corrected chi connectivity index (χ4v) is 3.71. The zero-order chi connectivity index (χ0) is 18.6. The molecule has 1 atom stereocenters. The summed E-state index contributed by atoms with van der Waals surface area (Å²) in [7, 11) is 0. The van der Waals surface area contributed by atoms with Gasteiger partial charge in [-0.2, -0.15) is 0 Å². The highest BCUT2D eigenvalue weighted by atomic mass is 16.3. The summed E-state index contributed by atoms with van der Waals surface area (Å²) in [5, 5.41) is 0. The van der Waals surface area contributed by atoms with Crippen LogP contribution in [-0.2, 0) is 0 Å². The van der Waals surface area contributed by atoms with Gasteiger partial charge in [0, 0.05) is 12.2 Å². The third-order valence-electron chi connectivity index (χ3n) is 5.11. The number of nitrogens with zero attached hydrogens (tertiary/aromatic N) is 1. The van der Waals surface area contributed by atoms with Crippen molar-refractivity contribution < 1.29 is 9.21 Å². The molecular weight excluding hydrogens is 340 g/mol. The number of rotatable bonds is 3. The minimum atomic E-state index is -0.358. The summed E-state index contributed by atoms with van der Waals surface area (Å²) >= 11 is 0. The summed E-state index contributed by atoms with van der Waals surface area (Å²) < 4.78 is 5.57. The van der Waals surface area contributed by atoms with Crippen molar-refractivity contribution in [1.29, 1.82) is 0 Å². The van der Waals surface area contributed by atoms with Crippen molar-refractivity contribution in [3.05, 3.63) is 82.5 Å². The first-order chi connectivity index (χ1) is 13.2. The highest BCUT2D eigenvalue weighted by molar-refractivity contribution is 5.94. The normalized spacial score (nSPS) is 17.5. The quantitative estimate of drug-likeness (QED) is 0.751. The minimum absolute atomic E-state index is 0.122. The summed E-state index contributed by atoms with van der Waals surface area (Å²) in [4.78, 5) is 30.5. The molecule has 0 saturated carbocycles.